The third-order valence-corrected chi connectivity index (χ3v) is 3.26. The van der Waals surface area contributed by atoms with Gasteiger partial charge in [-0.25, -0.2) is 0 Å². The van der Waals surface area contributed by atoms with Gasteiger partial charge in [0.25, 0.3) is 0 Å². The molecule has 2 rings (SSSR count). The second-order valence-electron chi connectivity index (χ2n) is 4.56. The summed E-state index contributed by atoms with van der Waals surface area (Å²) < 4.78 is 5.25. The van der Waals surface area contributed by atoms with E-state index in [0.29, 0.717) is 13.2 Å². The summed E-state index contributed by atoms with van der Waals surface area (Å²) in [7, 11) is 0. The van der Waals surface area contributed by atoms with E-state index in [1.807, 2.05) is 0 Å². The molecule has 0 spiro atoms. The van der Waals surface area contributed by atoms with Crippen molar-refractivity contribution in [2.45, 2.75) is 12.5 Å². The lowest BCUT2D eigenvalue weighted by Gasteiger charge is -2.36. The van der Waals surface area contributed by atoms with Gasteiger partial charge < -0.3 is 14.7 Å². The van der Waals surface area contributed by atoms with Crippen LogP contribution in [0, 0.1) is 21.4 Å². The maximum Gasteiger partial charge on any atom is 0.310 e. The number of para-hydroxylation sites is 1. The van der Waals surface area contributed by atoms with Crippen molar-refractivity contribution in [3.63, 3.8) is 0 Å². The van der Waals surface area contributed by atoms with Crippen molar-refractivity contribution in [1.29, 1.82) is 5.26 Å². The number of carbonyl (C=O) groups is 1. The fourth-order valence-corrected chi connectivity index (χ4v) is 2.39. The van der Waals surface area contributed by atoms with Crippen LogP contribution >= 0.6 is 0 Å². The summed E-state index contributed by atoms with van der Waals surface area (Å²) in [5.74, 6) is -1.01. The van der Waals surface area contributed by atoms with E-state index < -0.39 is 16.9 Å². The van der Waals surface area contributed by atoms with Crippen LogP contribution in [-0.4, -0.2) is 41.8 Å². The van der Waals surface area contributed by atoms with E-state index >= 15 is 0 Å². The van der Waals surface area contributed by atoms with Crippen LogP contribution in [0.5, 0.6) is 0 Å². The molecular weight excluding hydrogens is 278 g/mol. The van der Waals surface area contributed by atoms with Gasteiger partial charge >= 0.3 is 11.7 Å². The molecule has 21 heavy (non-hydrogen) atoms. The number of carboxylic acid groups (broad SMARTS) is 1. The summed E-state index contributed by atoms with van der Waals surface area (Å²) >= 11 is 0. The number of benzene rings is 1. The normalized spacial score (nSPS) is 18.0. The summed E-state index contributed by atoms with van der Waals surface area (Å²) in [5.41, 5.74) is -0.0797. The van der Waals surface area contributed by atoms with Gasteiger partial charge in [0.2, 0.25) is 0 Å². The Hall–Kier alpha value is -2.66. The first-order chi connectivity index (χ1) is 10.0. The molecule has 8 heteroatoms. The van der Waals surface area contributed by atoms with Crippen molar-refractivity contribution < 1.29 is 19.6 Å². The number of anilines is 1. The van der Waals surface area contributed by atoms with Crippen molar-refractivity contribution in [3.8, 4) is 6.07 Å². The minimum atomic E-state index is -1.01. The molecule has 1 aromatic rings. The zero-order valence-electron chi connectivity index (χ0n) is 11.1. The van der Waals surface area contributed by atoms with Crippen LogP contribution in [0.2, 0.25) is 0 Å². The Bertz CT molecular complexity index is 610. The molecule has 1 saturated heterocycles. The van der Waals surface area contributed by atoms with Crippen LogP contribution in [-0.2, 0) is 9.53 Å². The van der Waals surface area contributed by atoms with E-state index in [0.717, 1.165) is 0 Å². The highest BCUT2D eigenvalue weighted by atomic mass is 16.6. The molecule has 1 aliphatic heterocycles. The predicted molar refractivity (Wildman–Crippen MR) is 72.0 cm³/mol. The van der Waals surface area contributed by atoms with Gasteiger partial charge in [-0.15, -0.1) is 0 Å². The Morgan fingerprint density at radius 1 is 1.62 bits per heavy atom. The Morgan fingerprint density at radius 2 is 2.38 bits per heavy atom. The highest BCUT2D eigenvalue weighted by Crippen LogP contribution is 2.34. The summed E-state index contributed by atoms with van der Waals surface area (Å²) in [6.45, 7) is 0.873. The van der Waals surface area contributed by atoms with Crippen LogP contribution in [0.4, 0.5) is 11.4 Å². The van der Waals surface area contributed by atoms with E-state index in [9.17, 15) is 14.9 Å². The predicted octanol–water partition coefficient (Wildman–Crippen LogP) is 1.15. The number of rotatable bonds is 4. The maximum absolute atomic E-state index is 11.3. The lowest BCUT2D eigenvalue weighted by Crippen LogP contribution is -2.47. The molecule has 1 fully saturated rings. The van der Waals surface area contributed by atoms with Crippen LogP contribution in [0.1, 0.15) is 12.0 Å². The molecule has 0 radical (unpaired) electrons. The second kappa shape index (κ2) is 6.19. The molecule has 1 unspecified atom stereocenters. The highest BCUT2D eigenvalue weighted by Gasteiger charge is 2.31. The van der Waals surface area contributed by atoms with Gasteiger partial charge in [-0.2, -0.15) is 5.26 Å². The van der Waals surface area contributed by atoms with Crippen molar-refractivity contribution >= 4 is 17.3 Å². The lowest BCUT2D eigenvalue weighted by molar-refractivity contribution is -0.384. The summed E-state index contributed by atoms with van der Waals surface area (Å²) in [5, 5.41) is 29.2. The van der Waals surface area contributed by atoms with Crippen molar-refractivity contribution in [1.82, 2.24) is 0 Å². The number of nitro groups is 1. The SMILES string of the molecule is N#Cc1cccc(N2CCOCC2CC(=O)O)c1[N+](=O)[O-]. The molecule has 1 aromatic carbocycles. The average Bonchev–Trinajstić information content (AvgIpc) is 2.46. The largest absolute Gasteiger partial charge is 0.481 e. The zero-order chi connectivity index (χ0) is 15.4. The molecule has 1 N–H and O–H groups in total. The molecule has 0 saturated carbocycles. The average molecular weight is 291 g/mol. The minimum absolute atomic E-state index is 0.0435. The number of carboxylic acids is 1. The highest BCUT2D eigenvalue weighted by molar-refractivity contribution is 5.73. The first kappa shape index (κ1) is 14.7. The van der Waals surface area contributed by atoms with E-state index in [1.54, 1.807) is 17.0 Å². The van der Waals surface area contributed by atoms with Crippen molar-refractivity contribution in [3.05, 3.63) is 33.9 Å². The molecule has 110 valence electrons. The molecule has 8 nitrogen and oxygen atoms in total. The third kappa shape index (κ3) is 3.09. The van der Waals surface area contributed by atoms with Gasteiger partial charge in [-0.3, -0.25) is 14.9 Å². The Morgan fingerprint density at radius 3 is 3.00 bits per heavy atom. The lowest BCUT2D eigenvalue weighted by atomic mass is 10.1. The number of morpholine rings is 1. The Kier molecular flexibility index (Phi) is 4.35. The molecule has 1 heterocycles. The molecule has 0 aliphatic carbocycles. The van der Waals surface area contributed by atoms with Crippen LogP contribution in [0.15, 0.2) is 18.2 Å². The number of hydrogen-bond acceptors (Lipinski definition) is 6. The fraction of sp³-hybridized carbons (Fsp3) is 0.385. The molecule has 1 atom stereocenters. The van der Waals surface area contributed by atoms with Gasteiger partial charge in [-0.1, -0.05) is 6.07 Å². The van der Waals surface area contributed by atoms with Gasteiger partial charge in [0.05, 0.1) is 30.6 Å². The monoisotopic (exact) mass is 291 g/mol. The number of nitrogens with zero attached hydrogens (tertiary/aromatic N) is 3. The number of nitriles is 1. The number of aliphatic carboxylic acids is 1. The molecule has 0 aromatic heterocycles. The molecule has 0 bridgehead atoms. The smallest absolute Gasteiger partial charge is 0.310 e. The number of ether oxygens (including phenoxy) is 1. The molecular formula is C13H13N3O5. The maximum atomic E-state index is 11.3. The zero-order valence-corrected chi connectivity index (χ0v) is 11.1. The fourth-order valence-electron chi connectivity index (χ4n) is 2.39. The van der Waals surface area contributed by atoms with Gasteiger partial charge in [0.1, 0.15) is 17.3 Å². The van der Waals surface area contributed by atoms with E-state index in [1.165, 1.54) is 12.1 Å². The summed E-state index contributed by atoms with van der Waals surface area (Å²) in [4.78, 5) is 23.2. The Labute approximate surface area is 120 Å². The second-order valence-corrected chi connectivity index (χ2v) is 4.56. The topological polar surface area (TPSA) is 117 Å². The minimum Gasteiger partial charge on any atom is -0.481 e. The standard InChI is InChI=1S/C13H13N3O5/c14-7-9-2-1-3-11(13(9)16(19)20)15-4-5-21-8-10(15)6-12(17)18/h1-3,10H,4-6,8H2,(H,17,18). The first-order valence-corrected chi connectivity index (χ1v) is 6.28. The van der Waals surface area contributed by atoms with E-state index in [2.05, 4.69) is 0 Å². The van der Waals surface area contributed by atoms with Gasteiger partial charge in [-0.05, 0) is 12.1 Å². The Balaban J connectivity index is 2.46. The van der Waals surface area contributed by atoms with E-state index in [4.69, 9.17) is 15.1 Å². The number of hydrogen-bond donors (Lipinski definition) is 1. The van der Waals surface area contributed by atoms with E-state index in [-0.39, 0.29) is 30.0 Å². The van der Waals surface area contributed by atoms with Crippen LogP contribution in [0.3, 0.4) is 0 Å². The summed E-state index contributed by atoms with van der Waals surface area (Å²) in [6.07, 6.45) is -0.187. The third-order valence-electron chi connectivity index (χ3n) is 3.26. The number of nitro benzene ring substituents is 1. The van der Waals surface area contributed by atoms with Crippen LogP contribution in [0.25, 0.3) is 0 Å². The molecule has 0 amide bonds. The van der Waals surface area contributed by atoms with Gasteiger partial charge in [0, 0.05) is 6.54 Å². The molecule has 1 aliphatic rings. The van der Waals surface area contributed by atoms with Crippen molar-refractivity contribution in [2.75, 3.05) is 24.7 Å². The van der Waals surface area contributed by atoms with Crippen LogP contribution < -0.4 is 4.90 Å². The van der Waals surface area contributed by atoms with Crippen molar-refractivity contribution in [2.24, 2.45) is 0 Å². The summed E-state index contributed by atoms with van der Waals surface area (Å²) in [6, 6.07) is 5.75. The quantitative estimate of drug-likeness (QED) is 0.653. The van der Waals surface area contributed by atoms with Gasteiger partial charge in [0.15, 0.2) is 0 Å². The first-order valence-electron chi connectivity index (χ1n) is 6.28.